The third kappa shape index (κ3) is 5.43. The molecule has 8 heteroatoms. The lowest BCUT2D eigenvalue weighted by atomic mass is 10.1. The van der Waals surface area contributed by atoms with Crippen LogP contribution in [-0.4, -0.2) is 74.8 Å². The van der Waals surface area contributed by atoms with Crippen LogP contribution in [0.2, 0.25) is 5.02 Å². The summed E-state index contributed by atoms with van der Waals surface area (Å²) >= 11 is 6.09. The largest absolute Gasteiger partial charge is 0.379 e. The Morgan fingerprint density at radius 1 is 1.35 bits per heavy atom. The van der Waals surface area contributed by atoms with Crippen molar-refractivity contribution in [2.24, 2.45) is 4.99 Å². The van der Waals surface area contributed by atoms with Gasteiger partial charge in [-0.25, -0.2) is 4.39 Å². The SMILES string of the molecule is CN=C(NCCc1c(F)cccc1Cl)N1CCC(N2CCOCC2)C1.I. The molecular formula is C18H27ClFIN4O. The van der Waals surface area contributed by atoms with Gasteiger partial charge in [0.15, 0.2) is 5.96 Å². The normalized spacial score (nSPS) is 21.6. The second-order valence-corrected chi connectivity index (χ2v) is 6.87. The number of rotatable bonds is 4. The van der Waals surface area contributed by atoms with Crippen LogP contribution in [-0.2, 0) is 11.2 Å². The molecule has 26 heavy (non-hydrogen) atoms. The van der Waals surface area contributed by atoms with Gasteiger partial charge in [0.2, 0.25) is 0 Å². The Hall–Kier alpha value is -0.640. The van der Waals surface area contributed by atoms with Gasteiger partial charge in [0.05, 0.1) is 13.2 Å². The van der Waals surface area contributed by atoms with Crippen molar-refractivity contribution in [1.29, 1.82) is 0 Å². The van der Waals surface area contributed by atoms with Crippen molar-refractivity contribution in [2.75, 3.05) is 53.0 Å². The number of hydrogen-bond donors (Lipinski definition) is 1. The fourth-order valence-corrected chi connectivity index (χ4v) is 3.84. The summed E-state index contributed by atoms with van der Waals surface area (Å²) in [6, 6.07) is 5.36. The predicted octanol–water partition coefficient (Wildman–Crippen LogP) is 2.62. The van der Waals surface area contributed by atoms with Gasteiger partial charge < -0.3 is 15.0 Å². The molecule has 1 aromatic carbocycles. The van der Waals surface area contributed by atoms with Crippen LogP contribution in [0.1, 0.15) is 12.0 Å². The monoisotopic (exact) mass is 496 g/mol. The molecule has 0 aliphatic carbocycles. The van der Waals surface area contributed by atoms with Crippen LogP contribution in [0.3, 0.4) is 0 Å². The molecular weight excluding hydrogens is 470 g/mol. The van der Waals surface area contributed by atoms with Crippen LogP contribution in [0.4, 0.5) is 4.39 Å². The first kappa shape index (κ1) is 21.7. The van der Waals surface area contributed by atoms with E-state index in [0.717, 1.165) is 51.8 Å². The van der Waals surface area contributed by atoms with Gasteiger partial charge in [0.25, 0.3) is 0 Å². The van der Waals surface area contributed by atoms with Gasteiger partial charge in [-0.15, -0.1) is 24.0 Å². The van der Waals surface area contributed by atoms with Crippen molar-refractivity contribution in [3.8, 4) is 0 Å². The summed E-state index contributed by atoms with van der Waals surface area (Å²) in [7, 11) is 1.79. The molecule has 3 rings (SSSR count). The average Bonchev–Trinajstić information content (AvgIpc) is 3.11. The topological polar surface area (TPSA) is 40.1 Å². The van der Waals surface area contributed by atoms with Gasteiger partial charge in [-0.1, -0.05) is 17.7 Å². The number of morpholine rings is 1. The Balaban J connectivity index is 0.00000243. The highest BCUT2D eigenvalue weighted by molar-refractivity contribution is 14.0. The highest BCUT2D eigenvalue weighted by Gasteiger charge is 2.30. The van der Waals surface area contributed by atoms with Gasteiger partial charge >= 0.3 is 0 Å². The maximum Gasteiger partial charge on any atom is 0.193 e. The van der Waals surface area contributed by atoms with Gasteiger partial charge in [-0.3, -0.25) is 9.89 Å². The Morgan fingerprint density at radius 2 is 2.12 bits per heavy atom. The lowest BCUT2D eigenvalue weighted by Gasteiger charge is -2.32. The van der Waals surface area contributed by atoms with Gasteiger partial charge in [0, 0.05) is 56.4 Å². The smallest absolute Gasteiger partial charge is 0.193 e. The fraction of sp³-hybridized carbons (Fsp3) is 0.611. The molecule has 0 aromatic heterocycles. The number of aliphatic imine (C=N–C) groups is 1. The van der Waals surface area contributed by atoms with E-state index in [4.69, 9.17) is 16.3 Å². The Bertz CT molecular complexity index is 593. The van der Waals surface area contributed by atoms with E-state index in [1.165, 1.54) is 6.07 Å². The van der Waals surface area contributed by atoms with E-state index in [0.29, 0.717) is 29.6 Å². The summed E-state index contributed by atoms with van der Waals surface area (Å²) in [6.45, 7) is 6.24. The minimum Gasteiger partial charge on any atom is -0.379 e. The van der Waals surface area contributed by atoms with E-state index >= 15 is 0 Å². The molecule has 0 bridgehead atoms. The average molecular weight is 497 g/mol. The molecule has 2 fully saturated rings. The molecule has 0 saturated carbocycles. The number of hydrogen-bond acceptors (Lipinski definition) is 3. The Labute approximate surface area is 176 Å². The second-order valence-electron chi connectivity index (χ2n) is 6.46. The maximum absolute atomic E-state index is 13.8. The standard InChI is InChI=1S/C18H26ClFN4O.HI/c1-21-18(22-7-5-15-16(19)3-2-4-17(15)20)24-8-6-14(13-24)23-9-11-25-12-10-23;/h2-4,14H,5-13H2,1H3,(H,21,22);1H. The van der Waals surface area contributed by atoms with Crippen LogP contribution in [0.5, 0.6) is 0 Å². The number of nitrogens with one attached hydrogen (secondary N) is 1. The quantitative estimate of drug-likeness (QED) is 0.395. The summed E-state index contributed by atoms with van der Waals surface area (Å²) in [4.78, 5) is 9.18. The zero-order valence-electron chi connectivity index (χ0n) is 15.1. The van der Waals surface area contributed by atoms with E-state index in [1.54, 1.807) is 19.2 Å². The minimum absolute atomic E-state index is 0. The van der Waals surface area contributed by atoms with Gasteiger partial charge in [-0.2, -0.15) is 0 Å². The molecule has 1 aromatic rings. The maximum atomic E-state index is 13.8. The van der Waals surface area contributed by atoms with Crippen LogP contribution in [0.15, 0.2) is 23.2 Å². The highest BCUT2D eigenvalue weighted by Crippen LogP contribution is 2.19. The molecule has 0 amide bonds. The van der Waals surface area contributed by atoms with Crippen molar-refractivity contribution in [3.05, 3.63) is 34.6 Å². The number of benzene rings is 1. The number of guanidine groups is 1. The van der Waals surface area contributed by atoms with Gasteiger partial charge in [0.1, 0.15) is 5.82 Å². The Kier molecular flexibility index (Phi) is 8.86. The second kappa shape index (κ2) is 10.6. The van der Waals surface area contributed by atoms with E-state index in [9.17, 15) is 4.39 Å². The lowest BCUT2D eigenvalue weighted by Crippen LogP contribution is -2.47. The fourth-order valence-electron chi connectivity index (χ4n) is 3.58. The molecule has 0 spiro atoms. The Morgan fingerprint density at radius 3 is 2.81 bits per heavy atom. The van der Waals surface area contributed by atoms with Crippen molar-refractivity contribution < 1.29 is 9.13 Å². The molecule has 2 heterocycles. The van der Waals surface area contributed by atoms with Crippen LogP contribution in [0.25, 0.3) is 0 Å². The van der Waals surface area contributed by atoms with Crippen molar-refractivity contribution in [2.45, 2.75) is 18.9 Å². The van der Waals surface area contributed by atoms with Crippen molar-refractivity contribution in [1.82, 2.24) is 15.1 Å². The molecule has 1 atom stereocenters. The number of ether oxygens (including phenoxy) is 1. The van der Waals surface area contributed by atoms with E-state index in [2.05, 4.69) is 20.1 Å². The van der Waals surface area contributed by atoms with Gasteiger partial charge in [-0.05, 0) is 25.0 Å². The third-order valence-corrected chi connectivity index (χ3v) is 5.31. The molecule has 2 aliphatic rings. The molecule has 2 aliphatic heterocycles. The molecule has 146 valence electrons. The third-order valence-electron chi connectivity index (χ3n) is 4.96. The molecule has 2 saturated heterocycles. The first-order valence-corrected chi connectivity index (χ1v) is 9.27. The van der Waals surface area contributed by atoms with Crippen LogP contribution < -0.4 is 5.32 Å². The summed E-state index contributed by atoms with van der Waals surface area (Å²) in [5.41, 5.74) is 0.555. The zero-order valence-corrected chi connectivity index (χ0v) is 18.2. The van der Waals surface area contributed by atoms with E-state index < -0.39 is 0 Å². The van der Waals surface area contributed by atoms with Crippen LogP contribution in [0, 0.1) is 5.82 Å². The summed E-state index contributed by atoms with van der Waals surface area (Å²) < 4.78 is 19.3. The first-order valence-electron chi connectivity index (χ1n) is 8.89. The minimum atomic E-state index is -0.252. The van der Waals surface area contributed by atoms with Crippen LogP contribution >= 0.6 is 35.6 Å². The highest BCUT2D eigenvalue weighted by atomic mass is 127. The zero-order chi connectivity index (χ0) is 17.6. The molecule has 1 N–H and O–H groups in total. The van der Waals surface area contributed by atoms with E-state index in [1.807, 2.05) is 0 Å². The number of likely N-dealkylation sites (tertiary alicyclic amines) is 1. The lowest BCUT2D eigenvalue weighted by molar-refractivity contribution is 0.0195. The molecule has 5 nitrogen and oxygen atoms in total. The van der Waals surface area contributed by atoms with E-state index in [-0.39, 0.29) is 29.8 Å². The summed E-state index contributed by atoms with van der Waals surface area (Å²) in [5.74, 6) is 0.626. The van der Waals surface area contributed by atoms with Crippen molar-refractivity contribution >= 4 is 41.5 Å². The first-order chi connectivity index (χ1) is 12.2. The molecule has 1 unspecified atom stereocenters. The summed E-state index contributed by atoms with van der Waals surface area (Å²) in [6.07, 6.45) is 1.67. The molecule has 0 radical (unpaired) electrons. The number of nitrogens with zero attached hydrogens (tertiary/aromatic N) is 3. The summed E-state index contributed by atoms with van der Waals surface area (Å²) in [5, 5.41) is 3.82. The van der Waals surface area contributed by atoms with Crippen molar-refractivity contribution in [3.63, 3.8) is 0 Å². The predicted molar refractivity (Wildman–Crippen MR) is 114 cm³/mol. The number of halogens is 3.